The molecule has 0 bridgehead atoms. The summed E-state index contributed by atoms with van der Waals surface area (Å²) in [4.78, 5) is 19.6. The van der Waals surface area contributed by atoms with Crippen LogP contribution in [0.2, 0.25) is 0 Å². The van der Waals surface area contributed by atoms with Crippen LogP contribution in [0.15, 0.2) is 55.0 Å². The highest BCUT2D eigenvalue weighted by atomic mass is 19.1. The van der Waals surface area contributed by atoms with Crippen LogP contribution in [-0.2, 0) is 0 Å². The van der Waals surface area contributed by atoms with Crippen molar-refractivity contribution in [3.63, 3.8) is 0 Å². The molecule has 0 radical (unpaired) electrons. The molecule has 1 fully saturated rings. The summed E-state index contributed by atoms with van der Waals surface area (Å²) in [6, 6.07) is 12.9. The first-order valence-corrected chi connectivity index (χ1v) is 12.7. The van der Waals surface area contributed by atoms with Crippen molar-refractivity contribution < 1.29 is 18.6 Å². The summed E-state index contributed by atoms with van der Waals surface area (Å²) in [5, 5.41) is 9.89. The number of rotatable bonds is 6. The Labute approximate surface area is 229 Å². The quantitative estimate of drug-likeness (QED) is 0.255. The van der Waals surface area contributed by atoms with E-state index in [4.69, 9.17) is 19.7 Å². The van der Waals surface area contributed by atoms with Crippen molar-refractivity contribution in [2.24, 2.45) is 0 Å². The minimum Gasteiger partial charge on any atom is -0.496 e. The summed E-state index contributed by atoms with van der Waals surface area (Å²) in [6.07, 6.45) is 6.71. The topological polar surface area (TPSA) is 102 Å². The van der Waals surface area contributed by atoms with E-state index < -0.39 is 5.82 Å². The van der Waals surface area contributed by atoms with Crippen molar-refractivity contribution in [2.75, 3.05) is 26.7 Å². The number of hydrogen-bond acceptors (Lipinski definition) is 8. The van der Waals surface area contributed by atoms with Gasteiger partial charge in [0.25, 0.3) is 0 Å². The van der Waals surface area contributed by atoms with Crippen LogP contribution in [0.25, 0.3) is 33.1 Å². The van der Waals surface area contributed by atoms with Gasteiger partial charge in [-0.2, -0.15) is 5.26 Å². The molecule has 0 saturated carbocycles. The van der Waals surface area contributed by atoms with Gasteiger partial charge in [0.15, 0.2) is 0 Å². The van der Waals surface area contributed by atoms with Gasteiger partial charge >= 0.3 is 6.01 Å². The number of aromatic nitrogens is 5. The lowest BCUT2D eigenvalue weighted by Gasteiger charge is -2.32. The normalized spacial score (nSPS) is 14.2. The average molecular weight is 544 g/mol. The van der Waals surface area contributed by atoms with Gasteiger partial charge < -0.3 is 14.0 Å². The molecule has 0 N–H and O–H groups in total. The summed E-state index contributed by atoms with van der Waals surface area (Å²) in [7, 11) is 1.54. The van der Waals surface area contributed by atoms with Crippen molar-refractivity contribution >= 4 is 21.9 Å². The minimum absolute atomic E-state index is 0. The maximum atomic E-state index is 15.5. The van der Waals surface area contributed by atoms with Crippen LogP contribution in [-0.4, -0.2) is 56.1 Å². The van der Waals surface area contributed by atoms with Gasteiger partial charge in [-0.25, -0.2) is 19.3 Å². The van der Waals surface area contributed by atoms with Crippen LogP contribution in [0.4, 0.5) is 9.09 Å². The smallest absolute Gasteiger partial charge is 0.321 e. The standard InChI is InChI=1S/C29H26FN7O2.FH/c1-18-35-26-17-34-25-16-24(30)22(15-23(25)28(26)37(18)19-6-11-36(12-7-19)13-8-31)21-5-4-20(14-27(21)38-2)39-29-32-9-3-10-33-29;/h3-5,9-10,14-17,19H,6-7,11-13H2,1-2H3;1H. The third-order valence-corrected chi connectivity index (χ3v) is 7.21. The highest BCUT2D eigenvalue weighted by Crippen LogP contribution is 2.39. The molecule has 9 nitrogen and oxygen atoms in total. The summed E-state index contributed by atoms with van der Waals surface area (Å²) in [6.45, 7) is 4.13. The fourth-order valence-electron chi connectivity index (χ4n) is 5.40. The van der Waals surface area contributed by atoms with Crippen LogP contribution in [0.1, 0.15) is 24.7 Å². The van der Waals surface area contributed by atoms with Gasteiger partial charge in [-0.05, 0) is 44.0 Å². The second kappa shape index (κ2) is 11.2. The number of halogens is 2. The Balaban J connectivity index is 0.00000323. The predicted molar refractivity (Wildman–Crippen MR) is 147 cm³/mol. The fourth-order valence-corrected chi connectivity index (χ4v) is 5.40. The van der Waals surface area contributed by atoms with Crippen molar-refractivity contribution in [1.29, 1.82) is 5.26 Å². The number of ether oxygens (including phenoxy) is 2. The number of aryl methyl sites for hydroxylation is 1. The summed E-state index contributed by atoms with van der Waals surface area (Å²) < 4.78 is 29.2. The van der Waals surface area contributed by atoms with Crippen LogP contribution in [0.3, 0.4) is 0 Å². The number of imidazole rings is 1. The molecular weight excluding hydrogens is 516 g/mol. The number of benzene rings is 2. The van der Waals surface area contributed by atoms with Gasteiger partial charge in [-0.3, -0.25) is 14.6 Å². The second-order valence-electron chi connectivity index (χ2n) is 9.53. The second-order valence-corrected chi connectivity index (χ2v) is 9.53. The lowest BCUT2D eigenvalue weighted by atomic mass is 10.00. The third kappa shape index (κ3) is 4.89. The van der Waals surface area contributed by atoms with Gasteiger partial charge in [0.1, 0.15) is 28.7 Å². The molecule has 0 atom stereocenters. The Morgan fingerprint density at radius 1 is 1.05 bits per heavy atom. The lowest BCUT2D eigenvalue weighted by molar-refractivity contribution is 0.206. The van der Waals surface area contributed by atoms with E-state index >= 15 is 4.39 Å². The molecular formula is C29H27F2N7O2. The first-order valence-electron chi connectivity index (χ1n) is 12.7. The molecule has 0 spiro atoms. The molecule has 0 aliphatic carbocycles. The first-order chi connectivity index (χ1) is 19.1. The van der Waals surface area contributed by atoms with Gasteiger partial charge in [-0.1, -0.05) is 0 Å². The Bertz CT molecular complexity index is 1710. The number of pyridine rings is 1. The van der Waals surface area contributed by atoms with Crippen LogP contribution in [0, 0.1) is 24.1 Å². The number of nitrogens with zero attached hydrogens (tertiary/aromatic N) is 7. The Hall–Kier alpha value is -4.69. The summed E-state index contributed by atoms with van der Waals surface area (Å²) >= 11 is 0. The fraction of sp³-hybridized carbons (Fsp3) is 0.276. The van der Waals surface area contributed by atoms with Crippen molar-refractivity contribution in [2.45, 2.75) is 25.8 Å². The molecule has 3 aromatic heterocycles. The highest BCUT2D eigenvalue weighted by molar-refractivity contribution is 6.04. The van der Waals surface area contributed by atoms with Gasteiger partial charge in [0, 0.05) is 60.2 Å². The number of likely N-dealkylation sites (tertiary alicyclic amines) is 1. The van der Waals surface area contributed by atoms with E-state index in [-0.39, 0.29) is 16.8 Å². The molecule has 1 aliphatic heterocycles. The van der Waals surface area contributed by atoms with Crippen molar-refractivity contribution in [1.82, 2.24) is 29.4 Å². The van der Waals surface area contributed by atoms with Crippen LogP contribution < -0.4 is 9.47 Å². The van der Waals surface area contributed by atoms with Crippen LogP contribution in [0.5, 0.6) is 17.5 Å². The summed E-state index contributed by atoms with van der Waals surface area (Å²) in [5.74, 6) is 1.42. The average Bonchev–Trinajstić information content (AvgIpc) is 3.30. The molecule has 0 unspecified atom stereocenters. The number of fused-ring (bicyclic) bond motifs is 3. The Kier molecular flexibility index (Phi) is 7.53. The van der Waals surface area contributed by atoms with Gasteiger partial charge in [0.05, 0.1) is 37.0 Å². The number of nitriles is 1. The molecule has 40 heavy (non-hydrogen) atoms. The maximum Gasteiger partial charge on any atom is 0.321 e. The largest absolute Gasteiger partial charge is 0.496 e. The zero-order valence-electron chi connectivity index (χ0n) is 22.0. The molecule has 6 rings (SSSR count). The van der Waals surface area contributed by atoms with Crippen LogP contribution >= 0.6 is 0 Å². The first kappa shape index (κ1) is 26.9. The van der Waals surface area contributed by atoms with E-state index in [1.54, 1.807) is 42.9 Å². The zero-order valence-corrected chi connectivity index (χ0v) is 22.0. The lowest BCUT2D eigenvalue weighted by Crippen LogP contribution is -2.35. The van der Waals surface area contributed by atoms with E-state index in [9.17, 15) is 0 Å². The molecule has 204 valence electrons. The van der Waals surface area contributed by atoms with E-state index in [0.717, 1.165) is 48.2 Å². The van der Waals surface area contributed by atoms with E-state index in [1.165, 1.54) is 13.2 Å². The Morgan fingerprint density at radius 3 is 2.55 bits per heavy atom. The van der Waals surface area contributed by atoms with E-state index in [0.29, 0.717) is 34.7 Å². The summed E-state index contributed by atoms with van der Waals surface area (Å²) in [5.41, 5.74) is 3.26. The minimum atomic E-state index is -0.402. The molecule has 2 aromatic carbocycles. The number of piperidine rings is 1. The molecule has 5 aromatic rings. The van der Waals surface area contributed by atoms with Gasteiger partial charge in [0.2, 0.25) is 0 Å². The monoisotopic (exact) mass is 543 g/mol. The van der Waals surface area contributed by atoms with Gasteiger partial charge in [-0.15, -0.1) is 0 Å². The molecule has 1 aliphatic rings. The highest BCUT2D eigenvalue weighted by Gasteiger charge is 2.25. The maximum absolute atomic E-state index is 15.5. The van der Waals surface area contributed by atoms with E-state index in [2.05, 4.69) is 30.5 Å². The molecule has 11 heteroatoms. The predicted octanol–water partition coefficient (Wildman–Crippen LogP) is 5.60. The molecule has 4 heterocycles. The van der Waals surface area contributed by atoms with Crippen molar-refractivity contribution in [3.05, 3.63) is 66.6 Å². The molecule has 1 saturated heterocycles. The van der Waals surface area contributed by atoms with Crippen molar-refractivity contribution in [3.8, 4) is 34.7 Å². The third-order valence-electron chi connectivity index (χ3n) is 7.21. The SMILES string of the molecule is COc1cc(Oc2ncccn2)ccc1-c1cc2c(cc1F)ncc1nc(C)n(C3CCN(CC#N)CC3)c12.F. The number of hydrogen-bond donors (Lipinski definition) is 0. The Morgan fingerprint density at radius 2 is 1.82 bits per heavy atom. The zero-order chi connectivity index (χ0) is 26.9. The molecule has 0 amide bonds. The van der Waals surface area contributed by atoms with E-state index in [1.807, 2.05) is 13.0 Å². The number of methoxy groups -OCH3 is 1.